The molecule has 1 heterocycles. The Hall–Kier alpha value is -0.0400. The standard InChI is InChI=1S/C9H18O.CH4/c1-8-4-3-5-9(2)7-10-6-8;/h8-9H,3-7H2,1-2H3;1H4. The molecule has 1 nitrogen and oxygen atoms in total. The minimum atomic E-state index is 0. The summed E-state index contributed by atoms with van der Waals surface area (Å²) in [7, 11) is 0. The van der Waals surface area contributed by atoms with Gasteiger partial charge in [0, 0.05) is 13.2 Å². The van der Waals surface area contributed by atoms with Gasteiger partial charge in [0.05, 0.1) is 0 Å². The first-order valence-corrected chi connectivity index (χ1v) is 4.37. The summed E-state index contributed by atoms with van der Waals surface area (Å²) in [6.45, 7) is 6.50. The molecular weight excluding hydrogens is 136 g/mol. The molecule has 2 atom stereocenters. The van der Waals surface area contributed by atoms with Crippen molar-refractivity contribution in [3.8, 4) is 0 Å². The molecule has 0 aromatic heterocycles. The van der Waals surface area contributed by atoms with Crippen molar-refractivity contribution in [1.29, 1.82) is 0 Å². The van der Waals surface area contributed by atoms with E-state index in [4.69, 9.17) is 4.74 Å². The van der Waals surface area contributed by atoms with Crippen LogP contribution in [0, 0.1) is 11.8 Å². The molecule has 0 aromatic carbocycles. The zero-order valence-corrected chi connectivity index (χ0v) is 7.10. The highest BCUT2D eigenvalue weighted by Gasteiger charge is 2.10. The van der Waals surface area contributed by atoms with Gasteiger partial charge in [-0.25, -0.2) is 0 Å². The second-order valence-corrected chi connectivity index (χ2v) is 3.68. The lowest BCUT2D eigenvalue weighted by Gasteiger charge is -2.19. The van der Waals surface area contributed by atoms with Crippen molar-refractivity contribution in [2.75, 3.05) is 13.2 Å². The summed E-state index contributed by atoms with van der Waals surface area (Å²) in [5.74, 6) is 1.57. The van der Waals surface area contributed by atoms with Crippen LogP contribution >= 0.6 is 0 Å². The van der Waals surface area contributed by atoms with E-state index < -0.39 is 0 Å². The van der Waals surface area contributed by atoms with Gasteiger partial charge in [-0.15, -0.1) is 0 Å². The van der Waals surface area contributed by atoms with Crippen LogP contribution in [0.1, 0.15) is 40.5 Å². The third-order valence-corrected chi connectivity index (χ3v) is 2.20. The third kappa shape index (κ3) is 4.41. The summed E-state index contributed by atoms with van der Waals surface area (Å²) in [6.07, 6.45) is 4.10. The molecule has 0 N–H and O–H groups in total. The van der Waals surface area contributed by atoms with Gasteiger partial charge in [0.1, 0.15) is 0 Å². The lowest BCUT2D eigenvalue weighted by atomic mass is 9.98. The van der Waals surface area contributed by atoms with Crippen molar-refractivity contribution in [1.82, 2.24) is 0 Å². The summed E-state index contributed by atoms with van der Waals surface area (Å²) in [6, 6.07) is 0. The van der Waals surface area contributed by atoms with E-state index in [-0.39, 0.29) is 7.43 Å². The van der Waals surface area contributed by atoms with Gasteiger partial charge in [-0.05, 0) is 24.7 Å². The van der Waals surface area contributed by atoms with Crippen LogP contribution in [0.5, 0.6) is 0 Å². The van der Waals surface area contributed by atoms with E-state index in [1.807, 2.05) is 0 Å². The SMILES string of the molecule is C.CC1CCCC(C)COC1. The predicted molar refractivity (Wildman–Crippen MR) is 49.7 cm³/mol. The van der Waals surface area contributed by atoms with Crippen molar-refractivity contribution in [2.45, 2.75) is 40.5 Å². The zero-order chi connectivity index (χ0) is 7.40. The fourth-order valence-corrected chi connectivity index (χ4v) is 1.45. The highest BCUT2D eigenvalue weighted by Crippen LogP contribution is 2.16. The van der Waals surface area contributed by atoms with Gasteiger partial charge in [0.2, 0.25) is 0 Å². The molecule has 68 valence electrons. The van der Waals surface area contributed by atoms with Gasteiger partial charge < -0.3 is 4.74 Å². The van der Waals surface area contributed by atoms with E-state index in [0.717, 1.165) is 25.0 Å². The molecule has 0 aliphatic carbocycles. The first-order chi connectivity index (χ1) is 4.79. The van der Waals surface area contributed by atoms with E-state index >= 15 is 0 Å². The Morgan fingerprint density at radius 1 is 1.00 bits per heavy atom. The fourth-order valence-electron chi connectivity index (χ4n) is 1.45. The maximum atomic E-state index is 5.50. The highest BCUT2D eigenvalue weighted by atomic mass is 16.5. The Balaban J connectivity index is 0.000001000. The molecule has 2 unspecified atom stereocenters. The second-order valence-electron chi connectivity index (χ2n) is 3.68. The minimum Gasteiger partial charge on any atom is -0.381 e. The number of hydrogen-bond donors (Lipinski definition) is 0. The first-order valence-electron chi connectivity index (χ1n) is 4.37. The van der Waals surface area contributed by atoms with Crippen LogP contribution in [0.4, 0.5) is 0 Å². The van der Waals surface area contributed by atoms with Crippen LogP contribution in [-0.2, 0) is 4.74 Å². The molecule has 0 amide bonds. The van der Waals surface area contributed by atoms with Crippen molar-refractivity contribution in [2.24, 2.45) is 11.8 Å². The van der Waals surface area contributed by atoms with Crippen molar-refractivity contribution in [3.05, 3.63) is 0 Å². The Morgan fingerprint density at radius 2 is 1.45 bits per heavy atom. The monoisotopic (exact) mass is 158 g/mol. The highest BCUT2D eigenvalue weighted by molar-refractivity contribution is 4.60. The second kappa shape index (κ2) is 5.59. The Bertz CT molecular complexity index is 70.9. The Morgan fingerprint density at radius 3 is 1.91 bits per heavy atom. The minimum absolute atomic E-state index is 0. The lowest BCUT2D eigenvalue weighted by molar-refractivity contribution is 0.0608. The van der Waals surface area contributed by atoms with Crippen molar-refractivity contribution in [3.63, 3.8) is 0 Å². The van der Waals surface area contributed by atoms with Crippen LogP contribution < -0.4 is 0 Å². The predicted octanol–water partition coefficient (Wildman–Crippen LogP) is 3.10. The van der Waals surface area contributed by atoms with Crippen LogP contribution in [-0.4, -0.2) is 13.2 Å². The van der Waals surface area contributed by atoms with Crippen molar-refractivity contribution >= 4 is 0 Å². The molecule has 1 fully saturated rings. The van der Waals surface area contributed by atoms with Gasteiger partial charge in [-0.1, -0.05) is 27.7 Å². The maximum Gasteiger partial charge on any atom is 0.0491 e. The summed E-state index contributed by atoms with van der Waals surface area (Å²) >= 11 is 0. The quantitative estimate of drug-likeness (QED) is 0.526. The van der Waals surface area contributed by atoms with Crippen LogP contribution in [0.2, 0.25) is 0 Å². The van der Waals surface area contributed by atoms with Crippen LogP contribution in [0.15, 0.2) is 0 Å². The summed E-state index contributed by atoms with van der Waals surface area (Å²) in [4.78, 5) is 0. The van der Waals surface area contributed by atoms with Gasteiger partial charge in [-0.3, -0.25) is 0 Å². The summed E-state index contributed by atoms with van der Waals surface area (Å²) in [5.41, 5.74) is 0. The van der Waals surface area contributed by atoms with E-state index in [0.29, 0.717) is 0 Å². The lowest BCUT2D eigenvalue weighted by Crippen LogP contribution is -2.15. The van der Waals surface area contributed by atoms with Gasteiger partial charge in [-0.2, -0.15) is 0 Å². The van der Waals surface area contributed by atoms with E-state index in [9.17, 15) is 0 Å². The molecule has 0 aromatic rings. The topological polar surface area (TPSA) is 9.23 Å². The normalized spacial score (nSPS) is 33.3. The Labute approximate surface area is 71.1 Å². The van der Waals surface area contributed by atoms with Gasteiger partial charge in [0.15, 0.2) is 0 Å². The summed E-state index contributed by atoms with van der Waals surface area (Å²) in [5, 5.41) is 0. The summed E-state index contributed by atoms with van der Waals surface area (Å²) < 4.78 is 5.50. The van der Waals surface area contributed by atoms with Crippen LogP contribution in [0.25, 0.3) is 0 Å². The molecule has 1 aliphatic heterocycles. The molecule has 0 spiro atoms. The molecule has 0 saturated carbocycles. The third-order valence-electron chi connectivity index (χ3n) is 2.20. The molecular formula is C10H22O. The van der Waals surface area contributed by atoms with E-state index in [2.05, 4.69) is 13.8 Å². The van der Waals surface area contributed by atoms with E-state index in [1.165, 1.54) is 19.3 Å². The van der Waals surface area contributed by atoms with Gasteiger partial charge in [0.25, 0.3) is 0 Å². The largest absolute Gasteiger partial charge is 0.381 e. The molecule has 0 bridgehead atoms. The molecule has 11 heavy (non-hydrogen) atoms. The molecule has 1 aliphatic rings. The van der Waals surface area contributed by atoms with Crippen molar-refractivity contribution < 1.29 is 4.74 Å². The number of hydrogen-bond acceptors (Lipinski definition) is 1. The molecule has 1 saturated heterocycles. The zero-order valence-electron chi connectivity index (χ0n) is 7.10. The fraction of sp³-hybridized carbons (Fsp3) is 1.00. The average molecular weight is 158 g/mol. The molecule has 1 rings (SSSR count). The number of rotatable bonds is 0. The van der Waals surface area contributed by atoms with Gasteiger partial charge >= 0.3 is 0 Å². The average Bonchev–Trinajstić information content (AvgIpc) is 1.84. The smallest absolute Gasteiger partial charge is 0.0491 e. The molecule has 0 radical (unpaired) electrons. The maximum absolute atomic E-state index is 5.50. The van der Waals surface area contributed by atoms with E-state index in [1.54, 1.807) is 0 Å². The first kappa shape index (κ1) is 11.0. The van der Waals surface area contributed by atoms with Crippen LogP contribution in [0.3, 0.4) is 0 Å². The number of ether oxygens (including phenoxy) is 1. The Kier molecular flexibility index (Phi) is 5.57. The molecule has 1 heteroatoms.